The molecule has 0 radical (unpaired) electrons. The lowest BCUT2D eigenvalue weighted by atomic mass is 10.2. The highest BCUT2D eigenvalue weighted by Gasteiger charge is 2.47. The Balaban J connectivity index is 1.94. The predicted molar refractivity (Wildman–Crippen MR) is 56.0 cm³/mol. The van der Waals surface area contributed by atoms with Crippen molar-refractivity contribution in [2.75, 3.05) is 11.4 Å². The van der Waals surface area contributed by atoms with Gasteiger partial charge in [0, 0.05) is 30.9 Å². The lowest BCUT2D eigenvalue weighted by molar-refractivity contribution is 0.787. The van der Waals surface area contributed by atoms with E-state index in [1.807, 2.05) is 12.3 Å². The zero-order valence-corrected chi connectivity index (χ0v) is 8.19. The summed E-state index contributed by atoms with van der Waals surface area (Å²) in [6, 6.07) is 4.82. The second kappa shape index (κ2) is 2.95. The number of piperidine rings is 1. The van der Waals surface area contributed by atoms with Gasteiger partial charge in [-0.3, -0.25) is 0 Å². The van der Waals surface area contributed by atoms with Crippen LogP contribution in [0.2, 0.25) is 0 Å². The Morgan fingerprint density at radius 1 is 1.57 bits per heavy atom. The average molecular weight is 189 g/mol. The molecule has 1 saturated carbocycles. The summed E-state index contributed by atoms with van der Waals surface area (Å²) < 4.78 is 0. The molecular formula is C11H15N3. The van der Waals surface area contributed by atoms with Crippen LogP contribution in [0.3, 0.4) is 0 Å². The molecular weight excluding hydrogens is 174 g/mol. The Morgan fingerprint density at radius 3 is 3.14 bits per heavy atom. The van der Waals surface area contributed by atoms with Gasteiger partial charge >= 0.3 is 0 Å². The molecule has 1 aromatic rings. The summed E-state index contributed by atoms with van der Waals surface area (Å²) in [5, 5.41) is 0. The first-order chi connectivity index (χ1) is 6.90. The summed E-state index contributed by atoms with van der Waals surface area (Å²) in [7, 11) is 0. The van der Waals surface area contributed by atoms with Crippen molar-refractivity contribution >= 4 is 5.82 Å². The van der Waals surface area contributed by atoms with E-state index in [-0.39, 0.29) is 0 Å². The van der Waals surface area contributed by atoms with Gasteiger partial charge in [-0.1, -0.05) is 6.07 Å². The van der Waals surface area contributed by atoms with Crippen LogP contribution in [-0.4, -0.2) is 17.6 Å². The molecule has 0 spiro atoms. The van der Waals surface area contributed by atoms with Crippen LogP contribution in [0.5, 0.6) is 0 Å². The standard InChI is InChI=1S/C11H15N3/c12-7-9-2-1-4-13-11(9)14-5-3-8-6-10(8)14/h1-2,4,8,10H,3,5-7,12H2. The SMILES string of the molecule is NCc1cccnc1N1CCC2CC21. The number of hydrogen-bond acceptors (Lipinski definition) is 3. The number of pyridine rings is 1. The van der Waals surface area contributed by atoms with Crippen molar-refractivity contribution in [2.24, 2.45) is 11.7 Å². The highest BCUT2D eigenvalue weighted by Crippen LogP contribution is 2.46. The second-order valence-corrected chi connectivity index (χ2v) is 4.24. The molecule has 2 atom stereocenters. The van der Waals surface area contributed by atoms with Crippen molar-refractivity contribution in [3.8, 4) is 0 Å². The van der Waals surface area contributed by atoms with Gasteiger partial charge in [0.1, 0.15) is 5.82 Å². The molecule has 2 unspecified atom stereocenters. The van der Waals surface area contributed by atoms with Gasteiger partial charge in [-0.25, -0.2) is 4.98 Å². The molecule has 1 saturated heterocycles. The van der Waals surface area contributed by atoms with Crippen LogP contribution in [0.1, 0.15) is 18.4 Å². The van der Waals surface area contributed by atoms with E-state index in [1.54, 1.807) is 0 Å². The maximum absolute atomic E-state index is 5.71. The lowest BCUT2D eigenvalue weighted by Gasteiger charge is -2.21. The summed E-state index contributed by atoms with van der Waals surface area (Å²) in [6.45, 7) is 1.76. The molecule has 1 aromatic heterocycles. The topological polar surface area (TPSA) is 42.1 Å². The van der Waals surface area contributed by atoms with Gasteiger partial charge < -0.3 is 10.6 Å². The van der Waals surface area contributed by atoms with Crippen LogP contribution >= 0.6 is 0 Å². The smallest absolute Gasteiger partial charge is 0.133 e. The number of hydrogen-bond donors (Lipinski definition) is 1. The quantitative estimate of drug-likeness (QED) is 0.758. The van der Waals surface area contributed by atoms with Crippen LogP contribution < -0.4 is 10.6 Å². The molecule has 1 aliphatic carbocycles. The van der Waals surface area contributed by atoms with Crippen molar-refractivity contribution in [3.05, 3.63) is 23.9 Å². The van der Waals surface area contributed by atoms with Crippen LogP contribution in [0, 0.1) is 5.92 Å². The zero-order chi connectivity index (χ0) is 9.54. The summed E-state index contributed by atoms with van der Waals surface area (Å²) in [5.74, 6) is 2.07. The van der Waals surface area contributed by atoms with E-state index in [9.17, 15) is 0 Å². The molecule has 0 amide bonds. The Bertz CT molecular complexity index is 350. The Labute approximate surface area is 83.9 Å². The number of nitrogens with zero attached hydrogens (tertiary/aromatic N) is 2. The average Bonchev–Trinajstić information content (AvgIpc) is 2.91. The monoisotopic (exact) mass is 189 g/mol. The van der Waals surface area contributed by atoms with Crippen LogP contribution in [0.15, 0.2) is 18.3 Å². The number of fused-ring (bicyclic) bond motifs is 1. The van der Waals surface area contributed by atoms with E-state index in [4.69, 9.17) is 5.73 Å². The molecule has 3 heteroatoms. The Kier molecular flexibility index (Phi) is 1.74. The van der Waals surface area contributed by atoms with Gasteiger partial charge in [0.2, 0.25) is 0 Å². The van der Waals surface area contributed by atoms with E-state index in [1.165, 1.54) is 24.9 Å². The Morgan fingerprint density at radius 2 is 2.50 bits per heavy atom. The molecule has 2 N–H and O–H groups in total. The number of anilines is 1. The molecule has 3 nitrogen and oxygen atoms in total. The third kappa shape index (κ3) is 1.12. The van der Waals surface area contributed by atoms with Gasteiger partial charge in [0.15, 0.2) is 0 Å². The third-order valence-corrected chi connectivity index (χ3v) is 3.39. The maximum atomic E-state index is 5.71. The van der Waals surface area contributed by atoms with Gasteiger partial charge in [0.25, 0.3) is 0 Å². The number of rotatable bonds is 2. The maximum Gasteiger partial charge on any atom is 0.133 e. The van der Waals surface area contributed by atoms with Crippen LogP contribution in [-0.2, 0) is 6.54 Å². The number of aromatic nitrogens is 1. The van der Waals surface area contributed by atoms with E-state index in [0.717, 1.165) is 17.8 Å². The lowest BCUT2D eigenvalue weighted by Crippen LogP contribution is -2.25. The molecule has 2 aliphatic rings. The minimum Gasteiger partial charge on any atom is -0.353 e. The molecule has 0 bridgehead atoms. The first-order valence-corrected chi connectivity index (χ1v) is 5.31. The largest absolute Gasteiger partial charge is 0.353 e. The summed E-state index contributed by atoms with van der Waals surface area (Å²) in [6.07, 6.45) is 4.57. The first-order valence-electron chi connectivity index (χ1n) is 5.31. The predicted octanol–water partition coefficient (Wildman–Crippen LogP) is 1.14. The molecule has 14 heavy (non-hydrogen) atoms. The third-order valence-electron chi connectivity index (χ3n) is 3.39. The van der Waals surface area contributed by atoms with Gasteiger partial charge in [0.05, 0.1) is 0 Å². The fraction of sp³-hybridized carbons (Fsp3) is 0.545. The van der Waals surface area contributed by atoms with Crippen molar-refractivity contribution in [1.29, 1.82) is 0 Å². The van der Waals surface area contributed by atoms with Gasteiger partial charge in [-0.15, -0.1) is 0 Å². The van der Waals surface area contributed by atoms with Gasteiger partial charge in [-0.2, -0.15) is 0 Å². The van der Waals surface area contributed by atoms with E-state index in [0.29, 0.717) is 6.54 Å². The fourth-order valence-electron chi connectivity index (χ4n) is 2.51. The number of nitrogens with two attached hydrogens (primary N) is 1. The normalized spacial score (nSPS) is 29.1. The molecule has 2 heterocycles. The molecule has 0 aromatic carbocycles. The highest BCUT2D eigenvalue weighted by molar-refractivity contribution is 5.50. The second-order valence-electron chi connectivity index (χ2n) is 4.24. The minimum atomic E-state index is 0.594. The van der Waals surface area contributed by atoms with Crippen LogP contribution in [0.4, 0.5) is 5.82 Å². The van der Waals surface area contributed by atoms with Crippen LogP contribution in [0.25, 0.3) is 0 Å². The van der Waals surface area contributed by atoms with Crippen molar-refractivity contribution < 1.29 is 0 Å². The van der Waals surface area contributed by atoms with Gasteiger partial charge in [-0.05, 0) is 24.8 Å². The van der Waals surface area contributed by atoms with E-state index < -0.39 is 0 Å². The summed E-state index contributed by atoms with van der Waals surface area (Å²) in [4.78, 5) is 6.89. The molecule has 3 rings (SSSR count). The molecule has 2 fully saturated rings. The molecule has 1 aliphatic heterocycles. The molecule has 74 valence electrons. The summed E-state index contributed by atoms with van der Waals surface area (Å²) in [5.41, 5.74) is 6.89. The fourth-order valence-corrected chi connectivity index (χ4v) is 2.51. The van der Waals surface area contributed by atoms with Crippen molar-refractivity contribution in [1.82, 2.24) is 4.98 Å². The zero-order valence-electron chi connectivity index (χ0n) is 8.19. The van der Waals surface area contributed by atoms with Crippen molar-refractivity contribution in [3.63, 3.8) is 0 Å². The van der Waals surface area contributed by atoms with E-state index >= 15 is 0 Å². The summed E-state index contributed by atoms with van der Waals surface area (Å²) >= 11 is 0. The highest BCUT2D eigenvalue weighted by atomic mass is 15.3. The Hall–Kier alpha value is -1.09. The van der Waals surface area contributed by atoms with E-state index in [2.05, 4.69) is 16.0 Å². The minimum absolute atomic E-state index is 0.594. The first kappa shape index (κ1) is 8.24. The van der Waals surface area contributed by atoms with Crippen molar-refractivity contribution in [2.45, 2.75) is 25.4 Å².